The van der Waals surface area contributed by atoms with Gasteiger partial charge in [-0.05, 0) is 31.0 Å². The van der Waals surface area contributed by atoms with Crippen LogP contribution in [0.1, 0.15) is 123 Å². The Labute approximate surface area is 240 Å². The summed E-state index contributed by atoms with van der Waals surface area (Å²) in [5.74, 6) is 0.0206. The van der Waals surface area contributed by atoms with Crippen LogP contribution in [0.15, 0.2) is 39.5 Å². The zero-order valence-electron chi connectivity index (χ0n) is 24.8. The van der Waals surface area contributed by atoms with Crippen LogP contribution in [-0.4, -0.2) is 31.3 Å². The molecule has 0 aliphatic rings. The molecule has 2 rings (SSSR count). The summed E-state index contributed by atoms with van der Waals surface area (Å²) in [7, 11) is 0. The highest BCUT2D eigenvalue weighted by Gasteiger charge is 2.18. The number of ether oxygens (including phenoxy) is 3. The van der Waals surface area contributed by atoms with Gasteiger partial charge in [0.2, 0.25) is 0 Å². The fourth-order valence-corrected chi connectivity index (χ4v) is 4.57. The van der Waals surface area contributed by atoms with E-state index in [0.29, 0.717) is 30.6 Å². The minimum absolute atomic E-state index is 0.0219. The Balaban J connectivity index is 1.78. The van der Waals surface area contributed by atoms with Gasteiger partial charge in [-0.1, -0.05) is 90.9 Å². The predicted molar refractivity (Wildman–Crippen MR) is 159 cm³/mol. The molecular weight excluding hydrogens is 508 g/mol. The first-order chi connectivity index (χ1) is 19.5. The van der Waals surface area contributed by atoms with Crippen LogP contribution in [-0.2, 0) is 19.1 Å². The Kier molecular flexibility index (Phi) is 17.5. The summed E-state index contributed by atoms with van der Waals surface area (Å²) in [5, 5.41) is 0.803. The largest absolute Gasteiger partial charge is 0.493 e. The van der Waals surface area contributed by atoms with Crippen LogP contribution in [0.5, 0.6) is 5.75 Å². The van der Waals surface area contributed by atoms with E-state index in [0.717, 1.165) is 43.9 Å². The summed E-state index contributed by atoms with van der Waals surface area (Å²) >= 11 is 0. The molecule has 1 unspecified atom stereocenters. The second kappa shape index (κ2) is 21.0. The molecule has 0 aliphatic carbocycles. The fraction of sp³-hybridized carbons (Fsp3) is 0.667. The molecule has 7 nitrogen and oxygen atoms in total. The van der Waals surface area contributed by atoms with Gasteiger partial charge in [0.15, 0.2) is 0 Å². The maximum atomic E-state index is 12.5. The number of hydrogen-bond donors (Lipinski definition) is 0. The molecular formula is C33H50O7. The highest BCUT2D eigenvalue weighted by molar-refractivity contribution is 5.77. The normalized spacial score (nSPS) is 11.8. The molecule has 0 fully saturated rings. The van der Waals surface area contributed by atoms with Crippen LogP contribution >= 0.6 is 0 Å². The SMILES string of the molecule is CCCCCCCCCC(=O)OCC(CCOc1ccc2ccc(=O)oc2c1)OC(=O)CCCCCCCCC. The molecule has 0 bridgehead atoms. The molecule has 0 saturated carbocycles. The van der Waals surface area contributed by atoms with E-state index in [1.165, 1.54) is 57.4 Å². The van der Waals surface area contributed by atoms with Gasteiger partial charge in [-0.3, -0.25) is 9.59 Å². The molecule has 2 aromatic rings. The van der Waals surface area contributed by atoms with Gasteiger partial charge in [-0.25, -0.2) is 4.79 Å². The lowest BCUT2D eigenvalue weighted by Gasteiger charge is -2.18. The molecule has 1 heterocycles. The summed E-state index contributed by atoms with van der Waals surface area (Å²) in [6.07, 6.45) is 16.4. The van der Waals surface area contributed by atoms with Gasteiger partial charge in [0.1, 0.15) is 24.0 Å². The minimum atomic E-state index is -0.576. The molecule has 0 radical (unpaired) electrons. The molecule has 0 aliphatic heterocycles. The Bertz CT molecular complexity index is 1030. The molecule has 7 heteroatoms. The first-order valence-electron chi connectivity index (χ1n) is 15.5. The van der Waals surface area contributed by atoms with E-state index in [1.807, 2.05) is 6.07 Å². The molecule has 1 aromatic carbocycles. The minimum Gasteiger partial charge on any atom is -0.493 e. The Morgan fingerprint density at radius 2 is 1.32 bits per heavy atom. The van der Waals surface area contributed by atoms with Crippen LogP contribution in [0.3, 0.4) is 0 Å². The monoisotopic (exact) mass is 558 g/mol. The molecule has 0 amide bonds. The Hall–Kier alpha value is -2.83. The summed E-state index contributed by atoms with van der Waals surface area (Å²) < 4.78 is 22.2. The summed E-state index contributed by atoms with van der Waals surface area (Å²) in [4.78, 5) is 36.3. The number of carbonyl (C=O) groups excluding carboxylic acids is 2. The molecule has 1 atom stereocenters. The smallest absolute Gasteiger partial charge is 0.336 e. The van der Waals surface area contributed by atoms with Gasteiger partial charge < -0.3 is 18.6 Å². The number of unbranched alkanes of at least 4 members (excludes halogenated alkanes) is 12. The number of carbonyl (C=O) groups is 2. The Morgan fingerprint density at radius 3 is 1.98 bits per heavy atom. The first kappa shape index (κ1) is 33.4. The Morgan fingerprint density at radius 1 is 0.750 bits per heavy atom. The molecule has 224 valence electrons. The van der Waals surface area contributed by atoms with Gasteiger partial charge in [-0.2, -0.15) is 0 Å². The zero-order valence-corrected chi connectivity index (χ0v) is 24.8. The van der Waals surface area contributed by atoms with Gasteiger partial charge >= 0.3 is 17.6 Å². The lowest BCUT2D eigenvalue weighted by atomic mass is 10.1. The third kappa shape index (κ3) is 15.1. The van der Waals surface area contributed by atoms with Crippen molar-refractivity contribution in [1.82, 2.24) is 0 Å². The van der Waals surface area contributed by atoms with Crippen molar-refractivity contribution >= 4 is 22.9 Å². The van der Waals surface area contributed by atoms with Crippen LogP contribution in [0.4, 0.5) is 0 Å². The van der Waals surface area contributed by atoms with Crippen molar-refractivity contribution < 1.29 is 28.2 Å². The van der Waals surface area contributed by atoms with E-state index >= 15 is 0 Å². The van der Waals surface area contributed by atoms with E-state index in [4.69, 9.17) is 18.6 Å². The third-order valence-electron chi connectivity index (χ3n) is 7.00. The quantitative estimate of drug-likeness (QED) is 0.0769. The van der Waals surface area contributed by atoms with Crippen LogP contribution in [0.25, 0.3) is 11.0 Å². The van der Waals surface area contributed by atoms with E-state index < -0.39 is 11.7 Å². The topological polar surface area (TPSA) is 92.0 Å². The van der Waals surface area contributed by atoms with Crippen molar-refractivity contribution in [3.63, 3.8) is 0 Å². The summed E-state index contributed by atoms with van der Waals surface area (Å²) in [6, 6.07) is 8.36. The fourth-order valence-electron chi connectivity index (χ4n) is 4.57. The van der Waals surface area contributed by atoms with Crippen LogP contribution < -0.4 is 10.4 Å². The predicted octanol–water partition coefficient (Wildman–Crippen LogP) is 8.30. The number of fused-ring (bicyclic) bond motifs is 1. The lowest BCUT2D eigenvalue weighted by Crippen LogP contribution is -2.27. The van der Waals surface area contributed by atoms with Crippen molar-refractivity contribution in [3.05, 3.63) is 40.8 Å². The standard InChI is InChI=1S/C33H50O7/c1-3-5-7-9-11-13-15-17-31(34)38-26-29(39-32(35)18-16-14-12-10-8-6-4-2)23-24-37-28-21-19-27-20-22-33(36)40-30(27)25-28/h19-22,25,29H,3-18,23-24,26H2,1-2H3. The second-order valence-electron chi connectivity index (χ2n) is 10.6. The number of esters is 2. The molecule has 40 heavy (non-hydrogen) atoms. The maximum Gasteiger partial charge on any atom is 0.336 e. The number of rotatable bonds is 23. The van der Waals surface area contributed by atoms with E-state index in [1.54, 1.807) is 18.2 Å². The summed E-state index contributed by atoms with van der Waals surface area (Å²) in [6.45, 7) is 4.68. The van der Waals surface area contributed by atoms with Crippen molar-refractivity contribution in [2.75, 3.05) is 13.2 Å². The number of hydrogen-bond acceptors (Lipinski definition) is 7. The van der Waals surface area contributed by atoms with E-state index in [-0.39, 0.29) is 25.2 Å². The van der Waals surface area contributed by atoms with E-state index in [2.05, 4.69) is 13.8 Å². The average Bonchev–Trinajstić information content (AvgIpc) is 2.94. The van der Waals surface area contributed by atoms with Crippen molar-refractivity contribution in [3.8, 4) is 5.75 Å². The van der Waals surface area contributed by atoms with Gasteiger partial charge in [0, 0.05) is 36.8 Å². The highest BCUT2D eigenvalue weighted by Crippen LogP contribution is 2.20. The average molecular weight is 559 g/mol. The third-order valence-corrected chi connectivity index (χ3v) is 7.00. The van der Waals surface area contributed by atoms with Gasteiger partial charge in [0.25, 0.3) is 0 Å². The molecule has 1 aromatic heterocycles. The second-order valence-corrected chi connectivity index (χ2v) is 10.6. The summed E-state index contributed by atoms with van der Waals surface area (Å²) in [5.41, 5.74) is 0.0258. The zero-order chi connectivity index (χ0) is 28.8. The molecule has 0 spiro atoms. The van der Waals surface area contributed by atoms with Crippen molar-refractivity contribution in [1.29, 1.82) is 0 Å². The molecule has 0 N–H and O–H groups in total. The first-order valence-corrected chi connectivity index (χ1v) is 15.5. The molecule has 0 saturated heterocycles. The van der Waals surface area contributed by atoms with Crippen LogP contribution in [0, 0.1) is 0 Å². The highest BCUT2D eigenvalue weighted by atomic mass is 16.6. The lowest BCUT2D eigenvalue weighted by molar-refractivity contribution is -0.160. The van der Waals surface area contributed by atoms with Gasteiger partial charge in [0.05, 0.1) is 6.61 Å². The number of benzene rings is 1. The van der Waals surface area contributed by atoms with Crippen molar-refractivity contribution in [2.45, 2.75) is 129 Å². The maximum absolute atomic E-state index is 12.5. The van der Waals surface area contributed by atoms with Crippen molar-refractivity contribution in [2.24, 2.45) is 0 Å². The van der Waals surface area contributed by atoms with E-state index in [9.17, 15) is 14.4 Å². The van der Waals surface area contributed by atoms with Crippen LogP contribution in [0.2, 0.25) is 0 Å². The van der Waals surface area contributed by atoms with Gasteiger partial charge in [-0.15, -0.1) is 0 Å².